The monoisotopic (exact) mass is 1220 g/mol. The van der Waals surface area contributed by atoms with E-state index in [-0.39, 0.29) is 49.6 Å². The van der Waals surface area contributed by atoms with Crippen molar-refractivity contribution in [2.24, 2.45) is 16.7 Å². The predicted molar refractivity (Wildman–Crippen MR) is 340 cm³/mol. The number of piperidine rings is 1. The third-order valence-electron chi connectivity index (χ3n) is 17.5. The van der Waals surface area contributed by atoms with Crippen LogP contribution >= 0.6 is 29.4 Å². The molecule has 18 heteroatoms. The van der Waals surface area contributed by atoms with Gasteiger partial charge in [0.05, 0.1) is 25.9 Å². The molecule has 2 aliphatic rings. The fourth-order valence-corrected chi connectivity index (χ4v) is 14.9. The second kappa shape index (κ2) is 42.7. The van der Waals surface area contributed by atoms with Crippen LogP contribution in [0.2, 0.25) is 0 Å². The Morgan fingerprint density at radius 3 is 1.51 bits per heavy atom. The van der Waals surface area contributed by atoms with Crippen LogP contribution in [-0.4, -0.2) is 132 Å². The minimum Gasteiger partial charge on any atom is -0.462 e. The van der Waals surface area contributed by atoms with Crippen molar-refractivity contribution in [3.8, 4) is 0 Å². The van der Waals surface area contributed by atoms with Crippen LogP contribution in [0.25, 0.3) is 0 Å². The lowest BCUT2D eigenvalue weighted by molar-refractivity contribution is -0.262. The number of hydrogen-bond acceptors (Lipinski definition) is 15. The summed E-state index contributed by atoms with van der Waals surface area (Å²) in [5, 5.41) is 15.2. The fourth-order valence-electron chi connectivity index (χ4n) is 12.2. The van der Waals surface area contributed by atoms with Crippen molar-refractivity contribution in [3.63, 3.8) is 0 Å². The third kappa shape index (κ3) is 35.0. The number of alkyl carbamates (subject to hydrolysis) is 1. The van der Waals surface area contributed by atoms with Crippen molar-refractivity contribution in [1.82, 2.24) is 15.3 Å². The second-order valence-electron chi connectivity index (χ2n) is 27.0. The first-order valence-corrected chi connectivity index (χ1v) is 36.8. The molecule has 2 rings (SSSR count). The van der Waals surface area contributed by atoms with Gasteiger partial charge in [0, 0.05) is 54.6 Å². The number of likely N-dealkylation sites (N-methyl/N-ethyl adjacent to an activating group) is 1. The summed E-state index contributed by atoms with van der Waals surface area (Å²) in [6, 6.07) is 0.319. The first-order chi connectivity index (χ1) is 38.8. The van der Waals surface area contributed by atoms with Gasteiger partial charge in [-0.25, -0.2) is 9.36 Å². The summed E-state index contributed by atoms with van der Waals surface area (Å²) < 4.78 is 47.4. The van der Waals surface area contributed by atoms with E-state index in [0.717, 1.165) is 51.4 Å². The molecule has 3 atom stereocenters. The predicted octanol–water partition coefficient (Wildman–Crippen LogP) is 17.2. The summed E-state index contributed by atoms with van der Waals surface area (Å²) >= 11 is 0. The Labute approximate surface area is 509 Å². The largest absolute Gasteiger partial charge is 0.472 e. The Balaban J connectivity index is 1.81. The first-order valence-electron chi connectivity index (χ1n) is 32.8. The van der Waals surface area contributed by atoms with Crippen LogP contribution in [0.3, 0.4) is 0 Å². The lowest BCUT2D eigenvalue weighted by atomic mass is 9.56. The highest BCUT2D eigenvalue weighted by Crippen LogP contribution is 2.51. The van der Waals surface area contributed by atoms with Crippen LogP contribution in [-0.2, 0) is 42.1 Å². The molecular weight excluding hydrogens is 1100 g/mol. The molecule has 3 N–H and O–H groups in total. The summed E-state index contributed by atoms with van der Waals surface area (Å²) in [4.78, 5) is 51.9. The van der Waals surface area contributed by atoms with E-state index in [1.165, 1.54) is 142 Å². The third-order valence-corrected chi connectivity index (χ3v) is 20.8. The van der Waals surface area contributed by atoms with Crippen LogP contribution in [0.1, 0.15) is 282 Å². The Kier molecular flexibility index (Phi) is 40.1. The van der Waals surface area contributed by atoms with Gasteiger partial charge >= 0.3 is 25.9 Å². The maximum absolute atomic E-state index is 13.3. The molecule has 0 aromatic rings. The molecule has 1 heterocycles. The van der Waals surface area contributed by atoms with Crippen molar-refractivity contribution in [1.29, 1.82) is 0 Å². The molecule has 0 aromatic heterocycles. The maximum atomic E-state index is 13.3. The molecular formula is C64H124N3O12PS2. The molecule has 0 aromatic carbocycles. The standard InChI is InChI=1S/C64H124N3O12PS2/c1-13-15-17-19-21-23-25-27-29-31-33-35-37-39-58(68)75-51-57(78-59(69)40-38-36-34-32-30-28-26-24-22-20-18-16-14-2)52-77-80(72,73)76-42-44-82-81-43-41-65-60(70)79-56(50-74-55-47-63(8,9)67(71)64(10,11)48-55)49-66(12)54-45-61(4,5)53(3)62(6,7)46-54/h53-57,71H,13-52H2,1-12H3,(H,65,70)(H,72,73)/t53?,54?,56?,57-/m1/s1. The molecule has 1 saturated heterocycles. The van der Waals surface area contributed by atoms with Crippen LogP contribution in [0, 0.1) is 16.7 Å². The number of nitrogens with one attached hydrogen (secondary N) is 1. The molecule has 1 saturated carbocycles. The van der Waals surface area contributed by atoms with Gasteiger partial charge in [0.1, 0.15) is 12.7 Å². The fraction of sp³-hybridized carbons (Fsp3) is 0.953. The molecule has 2 unspecified atom stereocenters. The lowest BCUT2D eigenvalue weighted by Gasteiger charge is -2.53. The Bertz CT molecular complexity index is 1710. The zero-order valence-corrected chi connectivity index (χ0v) is 56.8. The zero-order chi connectivity index (χ0) is 60.9. The SMILES string of the molecule is CCCCCCCCCCCCCCCC(=O)OC[C@H](COP(=O)(O)OCCSSCCNC(=O)OC(COC1CC(C)(C)N(O)C(C)(C)C1)CN(C)C1CC(C)(C)C(C)C(C)(C)C1)OC(=O)CCCCCCCCCCCCCCC. The number of hydroxylamine groups is 2. The number of carbonyl (C=O) groups is 3. The van der Waals surface area contributed by atoms with Gasteiger partial charge in [-0.05, 0) is 90.0 Å². The normalized spacial score (nSPS) is 20.3. The highest BCUT2D eigenvalue weighted by atomic mass is 33.1. The zero-order valence-electron chi connectivity index (χ0n) is 54.3. The van der Waals surface area contributed by atoms with Gasteiger partial charge in [0.15, 0.2) is 6.10 Å². The minimum atomic E-state index is -4.54. The van der Waals surface area contributed by atoms with Crippen LogP contribution in [0.4, 0.5) is 4.79 Å². The van der Waals surface area contributed by atoms with Gasteiger partial charge < -0.3 is 34.4 Å². The van der Waals surface area contributed by atoms with Gasteiger partial charge in [-0.1, -0.05) is 224 Å². The van der Waals surface area contributed by atoms with Gasteiger partial charge in [-0.3, -0.25) is 23.5 Å². The van der Waals surface area contributed by atoms with Gasteiger partial charge in [0.25, 0.3) is 0 Å². The number of ether oxygens (including phenoxy) is 4. The molecule has 2 fully saturated rings. The minimum absolute atomic E-state index is 0.0896. The molecule has 82 heavy (non-hydrogen) atoms. The van der Waals surface area contributed by atoms with E-state index in [0.29, 0.717) is 62.2 Å². The molecule has 0 radical (unpaired) electrons. The van der Waals surface area contributed by atoms with E-state index in [1.807, 2.05) is 27.7 Å². The summed E-state index contributed by atoms with van der Waals surface area (Å²) in [6.45, 7) is 24.6. The van der Waals surface area contributed by atoms with Gasteiger partial charge in [-0.15, -0.1) is 0 Å². The molecule has 1 aliphatic heterocycles. The van der Waals surface area contributed by atoms with E-state index in [1.54, 1.807) is 0 Å². The van der Waals surface area contributed by atoms with Gasteiger partial charge in [0.2, 0.25) is 0 Å². The number of phosphoric acid groups is 1. The van der Waals surface area contributed by atoms with Crippen LogP contribution in [0.5, 0.6) is 0 Å². The average molecular weight is 1220 g/mol. The van der Waals surface area contributed by atoms with Crippen molar-refractivity contribution in [2.75, 3.05) is 58.1 Å². The Morgan fingerprint density at radius 1 is 0.598 bits per heavy atom. The number of rotatable bonds is 49. The first kappa shape index (κ1) is 77.0. The highest BCUT2D eigenvalue weighted by molar-refractivity contribution is 8.76. The molecule has 484 valence electrons. The number of nitrogens with zero attached hydrogens (tertiary/aromatic N) is 2. The Morgan fingerprint density at radius 2 is 1.04 bits per heavy atom. The number of unbranched alkanes of at least 4 members (excludes halogenated alkanes) is 24. The molecule has 1 aliphatic carbocycles. The van der Waals surface area contributed by atoms with Crippen molar-refractivity contribution in [2.45, 2.75) is 317 Å². The second-order valence-corrected chi connectivity index (χ2v) is 31.1. The average Bonchev–Trinajstić information content (AvgIpc) is 3.47. The molecule has 1 amide bonds. The summed E-state index contributed by atoms with van der Waals surface area (Å²) in [5.74, 6) is 0.609. The number of hydrogen-bond donors (Lipinski definition) is 3. The Hall–Kier alpha value is -1.14. The summed E-state index contributed by atoms with van der Waals surface area (Å²) in [5.41, 5.74) is -0.636. The molecule has 0 spiro atoms. The molecule has 0 bridgehead atoms. The number of esters is 2. The topological polar surface area (TPSA) is 183 Å². The van der Waals surface area contributed by atoms with Crippen LogP contribution < -0.4 is 5.32 Å². The van der Waals surface area contributed by atoms with Crippen molar-refractivity contribution in [3.05, 3.63) is 0 Å². The number of phosphoric ester groups is 1. The number of carbonyl (C=O) groups excluding carboxylic acids is 3. The smallest absolute Gasteiger partial charge is 0.462 e. The van der Waals surface area contributed by atoms with E-state index >= 15 is 0 Å². The molecule has 15 nitrogen and oxygen atoms in total. The van der Waals surface area contributed by atoms with E-state index < -0.39 is 55.7 Å². The van der Waals surface area contributed by atoms with Crippen LogP contribution in [0.15, 0.2) is 0 Å². The maximum Gasteiger partial charge on any atom is 0.472 e. The van der Waals surface area contributed by atoms with Crippen molar-refractivity contribution >= 4 is 47.4 Å². The highest BCUT2D eigenvalue weighted by Gasteiger charge is 2.47. The quantitative estimate of drug-likeness (QED) is 0.0172. The summed E-state index contributed by atoms with van der Waals surface area (Å²) in [6.07, 6.45) is 32.8. The summed E-state index contributed by atoms with van der Waals surface area (Å²) in [7, 11) is 0.481. The van der Waals surface area contributed by atoms with E-state index in [2.05, 4.69) is 65.7 Å². The van der Waals surface area contributed by atoms with Crippen molar-refractivity contribution < 1.29 is 57.0 Å². The lowest BCUT2D eigenvalue weighted by Crippen LogP contribution is -2.60. The van der Waals surface area contributed by atoms with E-state index in [4.69, 9.17) is 28.0 Å². The van der Waals surface area contributed by atoms with Gasteiger partial charge in [-0.2, -0.15) is 5.06 Å². The van der Waals surface area contributed by atoms with E-state index in [9.17, 15) is 29.0 Å². The number of amides is 1.